The maximum absolute atomic E-state index is 12.4. The van der Waals surface area contributed by atoms with Crippen LogP contribution < -0.4 is 11.0 Å². The molecule has 0 unspecified atom stereocenters. The first-order chi connectivity index (χ1) is 12.3. The molecule has 7 heteroatoms. The molecule has 26 heavy (non-hydrogen) atoms. The molecule has 0 spiro atoms. The van der Waals surface area contributed by atoms with E-state index >= 15 is 0 Å². The van der Waals surface area contributed by atoms with Gasteiger partial charge in [-0.15, -0.1) is 0 Å². The molecule has 3 aromatic rings. The zero-order valence-electron chi connectivity index (χ0n) is 15.3. The van der Waals surface area contributed by atoms with E-state index in [2.05, 4.69) is 20.3 Å². The van der Waals surface area contributed by atoms with Gasteiger partial charge in [0.25, 0.3) is 5.91 Å². The molecule has 0 fully saturated rings. The van der Waals surface area contributed by atoms with Gasteiger partial charge in [-0.3, -0.25) is 9.36 Å². The summed E-state index contributed by atoms with van der Waals surface area (Å²) in [6, 6.07) is 7.10. The van der Waals surface area contributed by atoms with Crippen LogP contribution in [0.15, 0.2) is 29.1 Å². The minimum absolute atomic E-state index is 0.210. The number of hydrogen-bond acceptors (Lipinski definition) is 5. The molecular formula is C19H21N5O2. The Morgan fingerprint density at radius 2 is 1.69 bits per heavy atom. The quantitative estimate of drug-likeness (QED) is 0.775. The van der Waals surface area contributed by atoms with Crippen molar-refractivity contribution in [3.05, 3.63) is 63.1 Å². The average Bonchev–Trinajstić information content (AvgIpc) is 2.57. The van der Waals surface area contributed by atoms with Crippen LogP contribution in [-0.4, -0.2) is 32.0 Å². The number of aromatic nitrogens is 4. The lowest BCUT2D eigenvalue weighted by molar-refractivity contribution is 0.0952. The van der Waals surface area contributed by atoms with Crippen LogP contribution in [0.4, 0.5) is 0 Å². The van der Waals surface area contributed by atoms with Gasteiger partial charge in [0, 0.05) is 30.0 Å². The van der Waals surface area contributed by atoms with E-state index in [-0.39, 0.29) is 11.6 Å². The molecule has 134 valence electrons. The number of aryl methyl sites for hydroxylation is 4. The van der Waals surface area contributed by atoms with Crippen molar-refractivity contribution < 1.29 is 4.79 Å². The molecule has 3 rings (SSSR count). The number of fused-ring (bicyclic) bond motifs is 1. The van der Waals surface area contributed by atoms with Gasteiger partial charge in [-0.1, -0.05) is 0 Å². The first-order valence-corrected chi connectivity index (χ1v) is 8.43. The van der Waals surface area contributed by atoms with E-state index < -0.39 is 0 Å². The molecule has 0 atom stereocenters. The second-order valence-corrected chi connectivity index (χ2v) is 6.33. The molecule has 0 radical (unpaired) electrons. The minimum atomic E-state index is -0.302. The molecule has 0 bridgehead atoms. The number of amides is 1. The third-order valence-electron chi connectivity index (χ3n) is 4.30. The molecule has 0 aliphatic carbocycles. The van der Waals surface area contributed by atoms with Gasteiger partial charge in [0.1, 0.15) is 0 Å². The van der Waals surface area contributed by atoms with Crippen LogP contribution in [0.5, 0.6) is 0 Å². The number of nitrogens with zero attached hydrogens (tertiary/aromatic N) is 4. The lowest BCUT2D eigenvalue weighted by atomic mass is 10.1. The Kier molecular flexibility index (Phi) is 4.79. The van der Waals surface area contributed by atoms with Crippen LogP contribution in [0.2, 0.25) is 0 Å². The second kappa shape index (κ2) is 7.03. The van der Waals surface area contributed by atoms with Crippen LogP contribution in [0.1, 0.15) is 33.1 Å². The van der Waals surface area contributed by atoms with Gasteiger partial charge in [0.05, 0.1) is 22.4 Å². The van der Waals surface area contributed by atoms with Crippen molar-refractivity contribution in [3.8, 4) is 0 Å². The van der Waals surface area contributed by atoms with E-state index in [4.69, 9.17) is 0 Å². The van der Waals surface area contributed by atoms with Gasteiger partial charge in [-0.05, 0) is 52.0 Å². The molecule has 2 aromatic heterocycles. The Balaban J connectivity index is 1.72. The van der Waals surface area contributed by atoms with Crippen LogP contribution in [0, 0.1) is 27.7 Å². The summed E-state index contributed by atoms with van der Waals surface area (Å²) in [7, 11) is 0. The van der Waals surface area contributed by atoms with Crippen LogP contribution >= 0.6 is 0 Å². The Bertz CT molecular complexity index is 1060. The molecule has 0 aliphatic rings. The Morgan fingerprint density at radius 1 is 1.00 bits per heavy atom. The summed E-state index contributed by atoms with van der Waals surface area (Å²) in [5.41, 5.74) is 4.90. The highest BCUT2D eigenvalue weighted by molar-refractivity contribution is 5.97. The van der Waals surface area contributed by atoms with Gasteiger partial charge >= 0.3 is 5.69 Å². The zero-order valence-corrected chi connectivity index (χ0v) is 15.3. The molecule has 7 nitrogen and oxygen atoms in total. The lowest BCUT2D eigenvalue weighted by Crippen LogP contribution is -2.33. The van der Waals surface area contributed by atoms with Crippen molar-refractivity contribution in [1.82, 2.24) is 24.8 Å². The van der Waals surface area contributed by atoms with Crippen LogP contribution in [-0.2, 0) is 6.54 Å². The molecular weight excluding hydrogens is 330 g/mol. The number of carbonyl (C=O) groups excluding carboxylic acids is 1. The predicted octanol–water partition coefficient (Wildman–Crippen LogP) is 1.85. The molecule has 0 aliphatic heterocycles. The van der Waals surface area contributed by atoms with E-state index in [1.807, 2.05) is 26.8 Å². The SMILES string of the molecule is Cc1cc(C)n(CCNC(=O)c2ccc3nc(C)c(C)nc3c2)c(=O)n1. The highest BCUT2D eigenvalue weighted by Crippen LogP contribution is 2.14. The van der Waals surface area contributed by atoms with Gasteiger partial charge < -0.3 is 5.32 Å². The van der Waals surface area contributed by atoms with Crippen LogP contribution in [0.25, 0.3) is 11.0 Å². The van der Waals surface area contributed by atoms with Gasteiger partial charge in [0.15, 0.2) is 0 Å². The third-order valence-corrected chi connectivity index (χ3v) is 4.30. The number of benzene rings is 1. The highest BCUT2D eigenvalue weighted by Gasteiger charge is 2.09. The number of hydrogen-bond donors (Lipinski definition) is 1. The summed E-state index contributed by atoms with van der Waals surface area (Å²) < 4.78 is 1.55. The predicted molar refractivity (Wildman–Crippen MR) is 99.3 cm³/mol. The maximum Gasteiger partial charge on any atom is 0.348 e. The highest BCUT2D eigenvalue weighted by atomic mass is 16.2. The third kappa shape index (κ3) is 3.61. The largest absolute Gasteiger partial charge is 0.350 e. The Morgan fingerprint density at radius 3 is 2.38 bits per heavy atom. The van der Waals surface area contributed by atoms with Crippen molar-refractivity contribution in [1.29, 1.82) is 0 Å². The Hall–Kier alpha value is -3.09. The van der Waals surface area contributed by atoms with Gasteiger partial charge in [-0.2, -0.15) is 4.98 Å². The second-order valence-electron chi connectivity index (χ2n) is 6.33. The van der Waals surface area contributed by atoms with Crippen molar-refractivity contribution in [2.45, 2.75) is 34.2 Å². The summed E-state index contributed by atoms with van der Waals surface area (Å²) in [5.74, 6) is -0.210. The van der Waals surface area contributed by atoms with Crippen LogP contribution in [0.3, 0.4) is 0 Å². The fourth-order valence-electron chi connectivity index (χ4n) is 2.80. The summed E-state index contributed by atoms with van der Waals surface area (Å²) in [6.45, 7) is 8.14. The maximum atomic E-state index is 12.4. The molecule has 1 aromatic carbocycles. The molecule has 0 saturated carbocycles. The number of rotatable bonds is 4. The molecule has 1 amide bonds. The smallest absolute Gasteiger partial charge is 0.348 e. The Labute approximate surface area is 151 Å². The van der Waals surface area contributed by atoms with Crippen molar-refractivity contribution >= 4 is 16.9 Å². The van der Waals surface area contributed by atoms with E-state index in [1.165, 1.54) is 0 Å². The molecule has 0 saturated heterocycles. The van der Waals surface area contributed by atoms with Crippen molar-refractivity contribution in [2.24, 2.45) is 0 Å². The van der Waals surface area contributed by atoms with Gasteiger partial charge in [-0.25, -0.2) is 14.8 Å². The molecule has 1 N–H and O–H groups in total. The first kappa shape index (κ1) is 17.7. The van der Waals surface area contributed by atoms with E-state index in [0.29, 0.717) is 29.9 Å². The van der Waals surface area contributed by atoms with Crippen molar-refractivity contribution in [2.75, 3.05) is 6.54 Å². The fourth-order valence-corrected chi connectivity index (χ4v) is 2.80. The molecule has 2 heterocycles. The monoisotopic (exact) mass is 351 g/mol. The number of carbonyl (C=O) groups is 1. The standard InChI is InChI=1S/C19H21N5O2/c1-11-9-12(2)24(19(26)21-11)8-7-20-18(25)15-5-6-16-17(10-15)23-14(4)13(3)22-16/h5-6,9-10H,7-8H2,1-4H3,(H,20,25). The zero-order chi connectivity index (χ0) is 18.8. The van der Waals surface area contributed by atoms with E-state index in [0.717, 1.165) is 22.6 Å². The minimum Gasteiger partial charge on any atom is -0.350 e. The normalized spacial score (nSPS) is 10.9. The topological polar surface area (TPSA) is 89.8 Å². The average molecular weight is 351 g/mol. The summed E-state index contributed by atoms with van der Waals surface area (Å²) in [6.07, 6.45) is 0. The van der Waals surface area contributed by atoms with E-state index in [9.17, 15) is 9.59 Å². The summed E-state index contributed by atoms with van der Waals surface area (Å²) in [5, 5.41) is 2.83. The van der Waals surface area contributed by atoms with Crippen molar-refractivity contribution in [3.63, 3.8) is 0 Å². The number of nitrogens with one attached hydrogen (secondary N) is 1. The fraction of sp³-hybridized carbons (Fsp3) is 0.316. The summed E-state index contributed by atoms with van der Waals surface area (Å²) >= 11 is 0. The summed E-state index contributed by atoms with van der Waals surface area (Å²) in [4.78, 5) is 37.2. The van der Waals surface area contributed by atoms with E-state index in [1.54, 1.807) is 29.7 Å². The van der Waals surface area contributed by atoms with Gasteiger partial charge in [0.2, 0.25) is 0 Å². The lowest BCUT2D eigenvalue weighted by Gasteiger charge is -2.11. The first-order valence-electron chi connectivity index (χ1n) is 8.43.